The predicted molar refractivity (Wildman–Crippen MR) is 247 cm³/mol. The topological polar surface area (TPSA) is 46.0 Å². The van der Waals surface area contributed by atoms with Gasteiger partial charge < -0.3 is 0 Å². The van der Waals surface area contributed by atoms with Crippen molar-refractivity contribution in [3.8, 4) is 78.5 Å². The lowest BCUT2D eigenvalue weighted by molar-refractivity contribution is 1.10. The van der Waals surface area contributed by atoms with Gasteiger partial charge in [0, 0.05) is 0 Å². The van der Waals surface area contributed by atoms with Crippen LogP contribution in [0.25, 0.3) is 100 Å². The van der Waals surface area contributed by atoms with E-state index in [4.69, 9.17) is 4.98 Å². The van der Waals surface area contributed by atoms with Crippen LogP contribution < -0.4 is 0 Å². The number of para-hydroxylation sites is 4. The summed E-state index contributed by atoms with van der Waals surface area (Å²) < 4.78 is 4.33. The molecule has 0 fully saturated rings. The maximum Gasteiger partial charge on any atom is 0.220 e. The zero-order valence-corrected chi connectivity index (χ0v) is 32.6. The molecular weight excluding hydrogens is 729 g/mol. The molecule has 2 aromatic heterocycles. The Labute approximate surface area is 348 Å². The lowest BCUT2D eigenvalue weighted by Gasteiger charge is -2.29. The first kappa shape index (κ1) is 34.9. The van der Waals surface area contributed by atoms with Crippen LogP contribution in [0.4, 0.5) is 0 Å². The number of fused-ring (bicyclic) bond motifs is 5. The van der Waals surface area contributed by atoms with Crippen LogP contribution in [0.5, 0.6) is 0 Å². The van der Waals surface area contributed by atoms with E-state index in [0.717, 1.165) is 100 Å². The van der Waals surface area contributed by atoms with E-state index >= 15 is 0 Å². The number of hydrogen-bond acceptors (Lipinski definition) is 2. The average molecular weight is 765 g/mol. The van der Waals surface area contributed by atoms with E-state index in [9.17, 15) is 5.26 Å². The molecule has 0 spiro atoms. The van der Waals surface area contributed by atoms with Gasteiger partial charge in [-0.2, -0.15) is 5.26 Å². The van der Waals surface area contributed by atoms with E-state index in [0.29, 0.717) is 5.56 Å². The summed E-state index contributed by atoms with van der Waals surface area (Å²) in [5, 5.41) is 11.2. The molecular formula is C56H36N4. The van der Waals surface area contributed by atoms with Crippen molar-refractivity contribution in [2.75, 3.05) is 0 Å². The maximum atomic E-state index is 11.2. The third-order valence-electron chi connectivity index (χ3n) is 11.6. The second-order valence-corrected chi connectivity index (χ2v) is 15.0. The SMILES string of the molecule is N#Cc1cc(-c2c(-c3ccccc3)c(-c3ccccc3)c(-c3ccccc3)c(-c3ccccc3)c2-c2ccccc2)ccc1-n1c2ccccc2n2c3ccccc3nc12. The van der Waals surface area contributed by atoms with Gasteiger partial charge in [0.1, 0.15) is 6.07 Å². The summed E-state index contributed by atoms with van der Waals surface area (Å²) in [7, 11) is 0. The van der Waals surface area contributed by atoms with E-state index < -0.39 is 0 Å². The first-order chi connectivity index (χ1) is 29.8. The number of hydrogen-bond donors (Lipinski definition) is 0. The smallest absolute Gasteiger partial charge is 0.220 e. The van der Waals surface area contributed by atoms with Gasteiger partial charge in [-0.05, 0) is 103 Å². The van der Waals surface area contributed by atoms with Gasteiger partial charge >= 0.3 is 0 Å². The number of nitrogens with zero attached hydrogens (tertiary/aromatic N) is 4. The number of rotatable bonds is 7. The molecule has 0 aliphatic carbocycles. The Bertz CT molecular complexity index is 3290. The van der Waals surface area contributed by atoms with Crippen LogP contribution in [0.1, 0.15) is 5.56 Å². The summed E-state index contributed by atoms with van der Waals surface area (Å²) in [6.07, 6.45) is 0. The minimum Gasteiger partial charge on any atom is -0.277 e. The molecule has 0 aliphatic rings. The van der Waals surface area contributed by atoms with Gasteiger partial charge in [0.25, 0.3) is 0 Å². The molecule has 0 aliphatic heterocycles. The largest absolute Gasteiger partial charge is 0.277 e. The lowest BCUT2D eigenvalue weighted by atomic mass is 9.74. The first-order valence-electron chi connectivity index (χ1n) is 20.2. The number of nitriles is 1. The quantitative estimate of drug-likeness (QED) is 0.162. The third-order valence-corrected chi connectivity index (χ3v) is 11.6. The van der Waals surface area contributed by atoms with E-state index in [1.54, 1.807) is 0 Å². The van der Waals surface area contributed by atoms with E-state index in [1.807, 2.05) is 24.3 Å². The summed E-state index contributed by atoms with van der Waals surface area (Å²) in [5.74, 6) is 0.765. The highest BCUT2D eigenvalue weighted by molar-refractivity contribution is 6.15. The number of aromatic nitrogens is 3. The van der Waals surface area contributed by atoms with Gasteiger partial charge in [0.2, 0.25) is 5.78 Å². The third kappa shape index (κ3) is 5.64. The molecule has 11 rings (SSSR count). The van der Waals surface area contributed by atoms with Gasteiger partial charge in [0.05, 0.1) is 33.3 Å². The van der Waals surface area contributed by atoms with Crippen molar-refractivity contribution >= 4 is 27.8 Å². The van der Waals surface area contributed by atoms with Crippen molar-refractivity contribution in [1.82, 2.24) is 14.0 Å². The number of benzene rings is 9. The monoisotopic (exact) mass is 764 g/mol. The molecule has 0 radical (unpaired) electrons. The minimum atomic E-state index is 0.551. The molecule has 9 aromatic carbocycles. The van der Waals surface area contributed by atoms with Crippen LogP contribution in [-0.2, 0) is 0 Å². The summed E-state index contributed by atoms with van der Waals surface area (Å²) in [4.78, 5) is 5.14. The first-order valence-corrected chi connectivity index (χ1v) is 20.2. The van der Waals surface area contributed by atoms with Crippen LogP contribution in [0.3, 0.4) is 0 Å². The van der Waals surface area contributed by atoms with Crippen molar-refractivity contribution in [3.05, 3.63) is 224 Å². The Kier molecular flexibility index (Phi) is 8.50. The van der Waals surface area contributed by atoms with Crippen LogP contribution in [0.2, 0.25) is 0 Å². The molecule has 0 N–H and O–H groups in total. The van der Waals surface area contributed by atoms with E-state index in [-0.39, 0.29) is 0 Å². The Morgan fingerprint density at radius 1 is 0.350 bits per heavy atom. The zero-order valence-electron chi connectivity index (χ0n) is 32.6. The fourth-order valence-corrected chi connectivity index (χ4v) is 9.07. The van der Waals surface area contributed by atoms with Gasteiger partial charge in [0.15, 0.2) is 0 Å². The Morgan fingerprint density at radius 2 is 0.717 bits per heavy atom. The molecule has 0 saturated heterocycles. The van der Waals surface area contributed by atoms with Crippen LogP contribution in [-0.4, -0.2) is 14.0 Å². The highest BCUT2D eigenvalue weighted by atomic mass is 15.2. The standard InChI is InChI=1S/C56H36N4/c57-37-44-36-43(34-35-46(44)59-48-32-18-19-33-49(48)60-47-31-17-16-30-45(47)58-56(59)60)55-53(41-26-12-4-13-27-41)51(39-22-8-2-9-23-39)50(38-20-6-1-7-21-38)52(40-24-10-3-11-25-40)54(55)42-28-14-5-15-29-42/h1-36H. The summed E-state index contributed by atoms with van der Waals surface area (Å²) in [6, 6.07) is 79.3. The van der Waals surface area contributed by atoms with Gasteiger partial charge in [-0.25, -0.2) is 4.98 Å². The molecule has 0 amide bonds. The summed E-state index contributed by atoms with van der Waals surface area (Å²) in [5.41, 5.74) is 18.4. The Balaban J connectivity index is 1.32. The number of imidazole rings is 2. The van der Waals surface area contributed by atoms with Gasteiger partial charge in [-0.15, -0.1) is 0 Å². The molecule has 0 saturated carbocycles. The Morgan fingerprint density at radius 3 is 1.15 bits per heavy atom. The molecule has 60 heavy (non-hydrogen) atoms. The van der Waals surface area contributed by atoms with Crippen molar-refractivity contribution in [3.63, 3.8) is 0 Å². The fraction of sp³-hybridized carbons (Fsp3) is 0. The minimum absolute atomic E-state index is 0.551. The lowest BCUT2D eigenvalue weighted by Crippen LogP contribution is -2.03. The van der Waals surface area contributed by atoms with Crippen molar-refractivity contribution in [2.24, 2.45) is 0 Å². The molecule has 280 valence electrons. The summed E-state index contributed by atoms with van der Waals surface area (Å²) in [6.45, 7) is 0. The second kappa shape index (κ2) is 14.6. The normalized spacial score (nSPS) is 11.3. The summed E-state index contributed by atoms with van der Waals surface area (Å²) >= 11 is 0. The van der Waals surface area contributed by atoms with E-state index in [2.05, 4.69) is 209 Å². The highest BCUT2D eigenvalue weighted by Crippen LogP contribution is 2.56. The molecule has 0 atom stereocenters. The Hall–Kier alpha value is -8.26. The van der Waals surface area contributed by atoms with Crippen LogP contribution in [0.15, 0.2) is 218 Å². The second-order valence-electron chi connectivity index (χ2n) is 15.0. The predicted octanol–water partition coefficient (Wildman–Crippen LogP) is 14.3. The van der Waals surface area contributed by atoms with Crippen molar-refractivity contribution in [2.45, 2.75) is 0 Å². The molecule has 4 heteroatoms. The van der Waals surface area contributed by atoms with Gasteiger partial charge in [-0.3, -0.25) is 8.97 Å². The van der Waals surface area contributed by atoms with Crippen LogP contribution >= 0.6 is 0 Å². The van der Waals surface area contributed by atoms with Crippen molar-refractivity contribution in [1.29, 1.82) is 5.26 Å². The zero-order chi connectivity index (χ0) is 40.0. The highest BCUT2D eigenvalue weighted by Gasteiger charge is 2.30. The molecule has 2 heterocycles. The maximum absolute atomic E-state index is 11.2. The average Bonchev–Trinajstić information content (AvgIpc) is 3.86. The van der Waals surface area contributed by atoms with Crippen LogP contribution in [0, 0.1) is 11.3 Å². The van der Waals surface area contributed by atoms with E-state index in [1.165, 1.54) is 0 Å². The molecule has 11 aromatic rings. The molecule has 4 nitrogen and oxygen atoms in total. The fourth-order valence-electron chi connectivity index (χ4n) is 9.07. The van der Waals surface area contributed by atoms with Gasteiger partial charge in [-0.1, -0.05) is 182 Å². The molecule has 0 unspecified atom stereocenters. The molecule has 0 bridgehead atoms. The van der Waals surface area contributed by atoms with Crippen molar-refractivity contribution < 1.29 is 0 Å².